The summed E-state index contributed by atoms with van der Waals surface area (Å²) < 4.78 is 0. The molecule has 0 radical (unpaired) electrons. The van der Waals surface area contributed by atoms with Crippen LogP contribution in [0.2, 0.25) is 0 Å². The first kappa shape index (κ1) is 10.6. The summed E-state index contributed by atoms with van der Waals surface area (Å²) in [5.41, 5.74) is -0.170. The summed E-state index contributed by atoms with van der Waals surface area (Å²) >= 11 is 1.47. The molecule has 0 aromatic carbocycles. The van der Waals surface area contributed by atoms with Crippen molar-refractivity contribution in [2.24, 2.45) is 0 Å². The second kappa shape index (κ2) is 3.57. The van der Waals surface area contributed by atoms with E-state index in [9.17, 15) is 9.90 Å². The van der Waals surface area contributed by atoms with E-state index in [2.05, 4.69) is 4.98 Å². The normalized spacial score (nSPS) is 18.7. The smallest absolute Gasteiger partial charge is 0.273 e. The molecule has 1 aromatic rings. The highest BCUT2D eigenvalue weighted by molar-refractivity contribution is 7.09. The molecule has 1 aromatic heterocycles. The number of likely N-dealkylation sites (tertiary alicyclic amines) is 1. The number of amides is 1. The van der Waals surface area contributed by atoms with Crippen LogP contribution in [0, 0.1) is 6.92 Å². The van der Waals surface area contributed by atoms with E-state index in [-0.39, 0.29) is 5.91 Å². The fourth-order valence-corrected chi connectivity index (χ4v) is 2.24. The number of carbonyl (C=O) groups excluding carboxylic acids is 1. The minimum Gasteiger partial charge on any atom is -0.386 e. The molecule has 1 fully saturated rings. The summed E-state index contributed by atoms with van der Waals surface area (Å²) in [4.78, 5) is 17.6. The lowest BCUT2D eigenvalue weighted by Crippen LogP contribution is -2.63. The van der Waals surface area contributed by atoms with Crippen LogP contribution < -0.4 is 0 Å². The van der Waals surface area contributed by atoms with Gasteiger partial charge in [0.2, 0.25) is 0 Å². The van der Waals surface area contributed by atoms with Crippen molar-refractivity contribution in [2.75, 3.05) is 13.1 Å². The van der Waals surface area contributed by atoms with Crippen LogP contribution in [0.1, 0.15) is 28.8 Å². The Morgan fingerprint density at radius 3 is 2.87 bits per heavy atom. The van der Waals surface area contributed by atoms with Crippen molar-refractivity contribution in [2.45, 2.75) is 25.9 Å². The van der Waals surface area contributed by atoms with Gasteiger partial charge in [-0.25, -0.2) is 4.98 Å². The maximum Gasteiger partial charge on any atom is 0.273 e. The molecule has 1 aliphatic heterocycles. The van der Waals surface area contributed by atoms with Crippen LogP contribution in [0.3, 0.4) is 0 Å². The van der Waals surface area contributed by atoms with Gasteiger partial charge in [-0.2, -0.15) is 0 Å². The van der Waals surface area contributed by atoms with E-state index in [0.29, 0.717) is 25.2 Å². The van der Waals surface area contributed by atoms with E-state index in [4.69, 9.17) is 0 Å². The van der Waals surface area contributed by atoms with E-state index in [1.165, 1.54) is 11.3 Å². The number of carbonyl (C=O) groups is 1. The number of hydrogen-bond acceptors (Lipinski definition) is 4. The van der Waals surface area contributed by atoms with Gasteiger partial charge in [0.05, 0.1) is 23.7 Å². The van der Waals surface area contributed by atoms with Gasteiger partial charge in [0.1, 0.15) is 5.69 Å². The second-order valence-corrected chi connectivity index (χ2v) is 5.05. The minimum atomic E-state index is -0.666. The Morgan fingerprint density at radius 1 is 1.73 bits per heavy atom. The van der Waals surface area contributed by atoms with Crippen LogP contribution in [0.25, 0.3) is 0 Å². The predicted molar refractivity (Wildman–Crippen MR) is 58.0 cm³/mol. The molecule has 0 unspecified atom stereocenters. The number of aryl methyl sites for hydroxylation is 1. The summed E-state index contributed by atoms with van der Waals surface area (Å²) in [7, 11) is 0. The number of hydrogen-bond donors (Lipinski definition) is 1. The topological polar surface area (TPSA) is 53.4 Å². The second-order valence-electron chi connectivity index (χ2n) is 3.99. The van der Waals surface area contributed by atoms with Crippen LogP contribution in [0.5, 0.6) is 0 Å². The quantitative estimate of drug-likeness (QED) is 0.820. The molecule has 5 heteroatoms. The number of β-amino-alcohol motifs (C(OH)–C–C–N with tert-alkyl or cyclic N) is 1. The molecule has 4 nitrogen and oxygen atoms in total. The summed E-state index contributed by atoms with van der Waals surface area (Å²) in [6.07, 6.45) is 0.687. The number of aromatic nitrogens is 1. The maximum atomic E-state index is 11.8. The highest BCUT2D eigenvalue weighted by Crippen LogP contribution is 2.25. The first-order chi connectivity index (χ1) is 7.04. The molecule has 1 amide bonds. The van der Waals surface area contributed by atoms with Crippen LogP contribution in [-0.2, 0) is 0 Å². The maximum absolute atomic E-state index is 11.8. The Morgan fingerprint density at radius 2 is 2.40 bits per heavy atom. The summed E-state index contributed by atoms with van der Waals surface area (Å²) in [5, 5.41) is 12.4. The molecule has 0 atom stereocenters. The lowest BCUT2D eigenvalue weighted by molar-refractivity contribution is -0.0828. The van der Waals surface area contributed by atoms with Crippen molar-refractivity contribution in [1.29, 1.82) is 0 Å². The number of rotatable bonds is 2. The zero-order valence-electron chi connectivity index (χ0n) is 8.86. The Kier molecular flexibility index (Phi) is 2.52. The van der Waals surface area contributed by atoms with Gasteiger partial charge < -0.3 is 10.0 Å². The fraction of sp³-hybridized carbons (Fsp3) is 0.600. The SMILES string of the molecule is CCC1(O)CN(C(=O)c2csc(C)n2)C1. The van der Waals surface area contributed by atoms with E-state index >= 15 is 0 Å². The van der Waals surface area contributed by atoms with Crippen molar-refractivity contribution in [3.8, 4) is 0 Å². The molecule has 0 spiro atoms. The number of thiazole rings is 1. The summed E-state index contributed by atoms with van der Waals surface area (Å²) in [5.74, 6) is -0.0718. The predicted octanol–water partition coefficient (Wildman–Crippen LogP) is 1.05. The van der Waals surface area contributed by atoms with Gasteiger partial charge in [0, 0.05) is 5.38 Å². The van der Waals surface area contributed by atoms with Crippen molar-refractivity contribution in [3.05, 3.63) is 16.1 Å². The first-order valence-corrected chi connectivity index (χ1v) is 5.86. The molecule has 2 rings (SSSR count). The summed E-state index contributed by atoms with van der Waals surface area (Å²) in [6.45, 7) is 4.66. The van der Waals surface area contributed by atoms with E-state index in [1.54, 1.807) is 10.3 Å². The molecule has 2 heterocycles. The van der Waals surface area contributed by atoms with Crippen LogP contribution >= 0.6 is 11.3 Å². The Hall–Kier alpha value is -0.940. The minimum absolute atomic E-state index is 0.0718. The average Bonchev–Trinajstić information content (AvgIpc) is 2.59. The number of nitrogens with zero attached hydrogens (tertiary/aromatic N) is 2. The van der Waals surface area contributed by atoms with Crippen LogP contribution in [0.15, 0.2) is 5.38 Å². The van der Waals surface area contributed by atoms with Crippen molar-refractivity contribution < 1.29 is 9.90 Å². The van der Waals surface area contributed by atoms with E-state index < -0.39 is 5.60 Å². The average molecular weight is 226 g/mol. The van der Waals surface area contributed by atoms with E-state index in [1.807, 2.05) is 13.8 Å². The fourth-order valence-electron chi connectivity index (χ4n) is 1.66. The largest absolute Gasteiger partial charge is 0.386 e. The third-order valence-corrected chi connectivity index (χ3v) is 3.53. The van der Waals surface area contributed by atoms with Crippen LogP contribution in [0.4, 0.5) is 0 Å². The molecule has 0 saturated carbocycles. The summed E-state index contributed by atoms with van der Waals surface area (Å²) in [6, 6.07) is 0. The van der Waals surface area contributed by atoms with Gasteiger partial charge >= 0.3 is 0 Å². The molecular formula is C10H14N2O2S. The van der Waals surface area contributed by atoms with Gasteiger partial charge in [-0.05, 0) is 13.3 Å². The standard InChI is InChI=1S/C10H14N2O2S/c1-3-10(14)5-12(6-10)9(13)8-4-15-7(2)11-8/h4,14H,3,5-6H2,1-2H3. The van der Waals surface area contributed by atoms with Gasteiger partial charge in [0.25, 0.3) is 5.91 Å². The molecule has 1 aliphatic rings. The molecule has 0 bridgehead atoms. The number of aliphatic hydroxyl groups is 1. The molecule has 1 saturated heterocycles. The third-order valence-electron chi connectivity index (χ3n) is 2.75. The molecule has 15 heavy (non-hydrogen) atoms. The highest BCUT2D eigenvalue weighted by atomic mass is 32.1. The lowest BCUT2D eigenvalue weighted by atomic mass is 9.91. The molecule has 82 valence electrons. The van der Waals surface area contributed by atoms with Crippen LogP contribution in [-0.4, -0.2) is 39.6 Å². The van der Waals surface area contributed by atoms with Gasteiger partial charge in [-0.1, -0.05) is 6.92 Å². The monoisotopic (exact) mass is 226 g/mol. The molecule has 1 N–H and O–H groups in total. The first-order valence-electron chi connectivity index (χ1n) is 4.98. The molecule has 0 aliphatic carbocycles. The van der Waals surface area contributed by atoms with E-state index in [0.717, 1.165) is 5.01 Å². The third kappa shape index (κ3) is 1.89. The molecular weight excluding hydrogens is 212 g/mol. The zero-order valence-corrected chi connectivity index (χ0v) is 9.67. The van der Waals surface area contributed by atoms with Crippen molar-refractivity contribution in [1.82, 2.24) is 9.88 Å². The van der Waals surface area contributed by atoms with Crippen molar-refractivity contribution in [3.63, 3.8) is 0 Å². The van der Waals surface area contributed by atoms with Gasteiger partial charge in [-0.3, -0.25) is 4.79 Å². The Balaban J connectivity index is 2.00. The Labute approximate surface area is 92.6 Å². The van der Waals surface area contributed by atoms with Gasteiger partial charge in [-0.15, -0.1) is 11.3 Å². The van der Waals surface area contributed by atoms with Crippen molar-refractivity contribution >= 4 is 17.2 Å². The lowest BCUT2D eigenvalue weighted by Gasteiger charge is -2.45. The Bertz CT molecular complexity index is 383. The van der Waals surface area contributed by atoms with Gasteiger partial charge in [0.15, 0.2) is 0 Å². The highest BCUT2D eigenvalue weighted by Gasteiger charge is 2.42. The zero-order chi connectivity index (χ0) is 11.1.